The molecule has 5 nitrogen and oxygen atoms in total. The van der Waals surface area contributed by atoms with E-state index >= 15 is 0 Å². The summed E-state index contributed by atoms with van der Waals surface area (Å²) in [5, 5.41) is 3.49. The first-order valence-electron chi connectivity index (χ1n) is 7.67. The first-order valence-corrected chi connectivity index (χ1v) is 7.67. The quantitative estimate of drug-likeness (QED) is 0.551. The molecular formula is C15H31NO4. The van der Waals surface area contributed by atoms with Crippen molar-refractivity contribution in [2.24, 2.45) is 5.41 Å². The molecule has 1 fully saturated rings. The Bertz CT molecular complexity index is 220. The minimum absolute atomic E-state index is 0.274. The molecule has 0 bridgehead atoms. The van der Waals surface area contributed by atoms with E-state index in [9.17, 15) is 0 Å². The van der Waals surface area contributed by atoms with Gasteiger partial charge in [-0.05, 0) is 25.7 Å². The van der Waals surface area contributed by atoms with Crippen LogP contribution in [-0.4, -0.2) is 67.0 Å². The topological polar surface area (TPSA) is 49.0 Å². The summed E-state index contributed by atoms with van der Waals surface area (Å²) in [5.74, 6) is 0. The molecule has 1 rings (SSSR count). The van der Waals surface area contributed by atoms with E-state index in [1.807, 2.05) is 0 Å². The van der Waals surface area contributed by atoms with E-state index in [2.05, 4.69) is 5.32 Å². The van der Waals surface area contributed by atoms with Crippen LogP contribution in [0.3, 0.4) is 0 Å². The van der Waals surface area contributed by atoms with E-state index in [0.29, 0.717) is 13.2 Å². The fourth-order valence-electron chi connectivity index (χ4n) is 2.66. The number of nitrogens with one attached hydrogen (secondary N) is 1. The maximum atomic E-state index is 5.71. The summed E-state index contributed by atoms with van der Waals surface area (Å²) in [6, 6.07) is 0. The molecule has 1 heterocycles. The molecule has 1 saturated heterocycles. The second-order valence-electron chi connectivity index (χ2n) is 5.53. The molecule has 0 aromatic heterocycles. The van der Waals surface area contributed by atoms with Gasteiger partial charge >= 0.3 is 0 Å². The predicted molar refractivity (Wildman–Crippen MR) is 79.2 cm³/mol. The SMILES string of the molecule is COCCNCC1(CCCOCCOC)CCCOC1. The van der Waals surface area contributed by atoms with Crippen LogP contribution in [0.15, 0.2) is 0 Å². The van der Waals surface area contributed by atoms with E-state index < -0.39 is 0 Å². The van der Waals surface area contributed by atoms with Gasteiger partial charge in [0.15, 0.2) is 0 Å². The standard InChI is InChI=1S/C15H31NO4/c1-17-10-7-16-13-15(6-4-9-20-14-15)5-3-8-19-12-11-18-2/h16H,3-14H2,1-2H3. The van der Waals surface area contributed by atoms with Gasteiger partial charge in [-0.2, -0.15) is 0 Å². The lowest BCUT2D eigenvalue weighted by molar-refractivity contribution is -0.0187. The fourth-order valence-corrected chi connectivity index (χ4v) is 2.66. The average Bonchev–Trinajstić information content (AvgIpc) is 2.48. The Morgan fingerprint density at radius 3 is 2.65 bits per heavy atom. The van der Waals surface area contributed by atoms with Gasteiger partial charge in [-0.25, -0.2) is 0 Å². The van der Waals surface area contributed by atoms with E-state index in [-0.39, 0.29) is 5.41 Å². The van der Waals surface area contributed by atoms with Crippen LogP contribution in [0.4, 0.5) is 0 Å². The van der Waals surface area contributed by atoms with Gasteiger partial charge in [-0.1, -0.05) is 0 Å². The molecule has 120 valence electrons. The highest BCUT2D eigenvalue weighted by molar-refractivity contribution is 4.84. The lowest BCUT2D eigenvalue weighted by atomic mass is 9.78. The molecule has 1 aliphatic heterocycles. The smallest absolute Gasteiger partial charge is 0.0700 e. The summed E-state index contributed by atoms with van der Waals surface area (Å²) in [6.45, 7) is 6.62. The molecule has 0 saturated carbocycles. The molecule has 0 aromatic rings. The van der Waals surface area contributed by atoms with Crippen molar-refractivity contribution in [1.82, 2.24) is 5.32 Å². The normalized spacial score (nSPS) is 23.1. The van der Waals surface area contributed by atoms with Crippen molar-refractivity contribution < 1.29 is 18.9 Å². The van der Waals surface area contributed by atoms with Gasteiger partial charge < -0.3 is 24.3 Å². The Morgan fingerprint density at radius 1 is 1.10 bits per heavy atom. The van der Waals surface area contributed by atoms with Crippen LogP contribution in [0.5, 0.6) is 0 Å². The molecule has 0 spiro atoms. The Kier molecular flexibility index (Phi) is 10.2. The van der Waals surface area contributed by atoms with Gasteiger partial charge in [-0.3, -0.25) is 0 Å². The van der Waals surface area contributed by atoms with Gasteiger partial charge in [0.25, 0.3) is 0 Å². The van der Waals surface area contributed by atoms with Crippen LogP contribution in [0.25, 0.3) is 0 Å². The zero-order valence-corrected chi connectivity index (χ0v) is 13.1. The number of hydrogen-bond acceptors (Lipinski definition) is 5. The van der Waals surface area contributed by atoms with Crippen molar-refractivity contribution in [2.45, 2.75) is 25.7 Å². The van der Waals surface area contributed by atoms with Gasteiger partial charge in [0.05, 0.1) is 26.4 Å². The molecule has 1 aliphatic rings. The van der Waals surface area contributed by atoms with Crippen LogP contribution in [0.2, 0.25) is 0 Å². The summed E-state index contributed by atoms with van der Waals surface area (Å²) < 4.78 is 21.3. The lowest BCUT2D eigenvalue weighted by Gasteiger charge is -2.37. The second-order valence-corrected chi connectivity index (χ2v) is 5.53. The predicted octanol–water partition coefficient (Wildman–Crippen LogP) is 1.46. The highest BCUT2D eigenvalue weighted by Gasteiger charge is 2.31. The van der Waals surface area contributed by atoms with Crippen molar-refractivity contribution in [3.05, 3.63) is 0 Å². The Hall–Kier alpha value is -0.200. The molecule has 0 amide bonds. The number of rotatable bonds is 12. The highest BCUT2D eigenvalue weighted by Crippen LogP contribution is 2.32. The lowest BCUT2D eigenvalue weighted by Crippen LogP contribution is -2.42. The third kappa shape index (κ3) is 7.55. The van der Waals surface area contributed by atoms with Crippen LogP contribution in [0.1, 0.15) is 25.7 Å². The Labute approximate surface area is 123 Å². The number of methoxy groups -OCH3 is 2. The number of ether oxygens (including phenoxy) is 4. The Morgan fingerprint density at radius 2 is 1.95 bits per heavy atom. The maximum Gasteiger partial charge on any atom is 0.0700 e. The first-order chi connectivity index (χ1) is 9.83. The molecule has 1 atom stereocenters. The maximum absolute atomic E-state index is 5.71. The third-order valence-electron chi connectivity index (χ3n) is 3.81. The van der Waals surface area contributed by atoms with E-state index in [1.54, 1.807) is 14.2 Å². The molecule has 1 N–H and O–H groups in total. The van der Waals surface area contributed by atoms with Crippen LogP contribution in [0, 0.1) is 5.41 Å². The molecule has 1 unspecified atom stereocenters. The van der Waals surface area contributed by atoms with Crippen molar-refractivity contribution in [1.29, 1.82) is 0 Å². The summed E-state index contributed by atoms with van der Waals surface area (Å²) >= 11 is 0. The molecule has 0 radical (unpaired) electrons. The largest absolute Gasteiger partial charge is 0.383 e. The molecule has 0 aromatic carbocycles. The van der Waals surface area contributed by atoms with Crippen molar-refractivity contribution in [2.75, 3.05) is 67.0 Å². The molecular weight excluding hydrogens is 258 g/mol. The van der Waals surface area contributed by atoms with Crippen LogP contribution < -0.4 is 5.32 Å². The summed E-state index contributed by atoms with van der Waals surface area (Å²) in [7, 11) is 3.43. The summed E-state index contributed by atoms with van der Waals surface area (Å²) in [4.78, 5) is 0. The van der Waals surface area contributed by atoms with Gasteiger partial charge in [0.2, 0.25) is 0 Å². The van der Waals surface area contributed by atoms with E-state index in [4.69, 9.17) is 18.9 Å². The van der Waals surface area contributed by atoms with Crippen molar-refractivity contribution >= 4 is 0 Å². The van der Waals surface area contributed by atoms with Gasteiger partial charge in [-0.15, -0.1) is 0 Å². The summed E-state index contributed by atoms with van der Waals surface area (Å²) in [5.41, 5.74) is 0.274. The average molecular weight is 289 g/mol. The monoisotopic (exact) mass is 289 g/mol. The van der Waals surface area contributed by atoms with Crippen molar-refractivity contribution in [3.8, 4) is 0 Å². The van der Waals surface area contributed by atoms with Gasteiger partial charge in [0, 0.05) is 45.9 Å². The van der Waals surface area contributed by atoms with Crippen LogP contribution >= 0.6 is 0 Å². The van der Waals surface area contributed by atoms with Gasteiger partial charge in [0.1, 0.15) is 0 Å². The van der Waals surface area contributed by atoms with E-state index in [1.165, 1.54) is 6.42 Å². The second kappa shape index (κ2) is 11.5. The Balaban J connectivity index is 2.20. The highest BCUT2D eigenvalue weighted by atomic mass is 16.5. The molecule has 5 heteroatoms. The zero-order valence-electron chi connectivity index (χ0n) is 13.1. The minimum atomic E-state index is 0.274. The minimum Gasteiger partial charge on any atom is -0.383 e. The zero-order chi connectivity index (χ0) is 14.5. The number of hydrogen-bond donors (Lipinski definition) is 1. The van der Waals surface area contributed by atoms with Crippen LogP contribution in [-0.2, 0) is 18.9 Å². The summed E-state index contributed by atoms with van der Waals surface area (Å²) in [6.07, 6.45) is 4.64. The van der Waals surface area contributed by atoms with E-state index in [0.717, 1.165) is 58.8 Å². The first kappa shape index (κ1) is 17.9. The third-order valence-corrected chi connectivity index (χ3v) is 3.81. The van der Waals surface area contributed by atoms with Crippen molar-refractivity contribution in [3.63, 3.8) is 0 Å². The molecule has 0 aliphatic carbocycles. The fraction of sp³-hybridized carbons (Fsp3) is 1.00. The molecule has 20 heavy (non-hydrogen) atoms.